The van der Waals surface area contributed by atoms with Crippen molar-refractivity contribution in [3.63, 3.8) is 0 Å². The Hall–Kier alpha value is -1.54. The molecule has 0 bridgehead atoms. The van der Waals surface area contributed by atoms with Gasteiger partial charge in [-0.3, -0.25) is 9.36 Å². The molecule has 0 aliphatic carbocycles. The van der Waals surface area contributed by atoms with Crippen LogP contribution in [0.25, 0.3) is 0 Å². The zero-order chi connectivity index (χ0) is 50.5. The van der Waals surface area contributed by atoms with E-state index in [0.29, 0.717) is 24.1 Å². The monoisotopic (exact) mass is 992 g/mol. The first-order valence-electron chi connectivity index (χ1n) is 29.4. The number of phosphoric acid groups is 1. The number of rotatable bonds is 55. The van der Waals surface area contributed by atoms with Crippen LogP contribution in [0.4, 0.5) is 0 Å². The first kappa shape index (κ1) is 67.5. The number of unbranched alkanes of at least 4 members (excludes halogenated alkanes) is 33. The number of nitrogens with zero attached hydrogens (tertiary/aromatic N) is 1. The van der Waals surface area contributed by atoms with E-state index in [9.17, 15) is 14.3 Å². The summed E-state index contributed by atoms with van der Waals surface area (Å²) in [4.78, 5) is 25.3. The standard InChI is InChI=1S/C60H114NO7P/c1-6-8-10-12-14-16-18-20-22-24-26-28-30-32-34-36-38-40-42-44-46-48-50-52-55-65-57-59(58-67-69(63,64)66-56-54-61(3,4)5)68-60(62)53-51-49-47-45-43-41-39-37-35-33-31-29-27-25-23-21-19-17-15-13-11-9-7-2/h19,21,24-27,31,33,59H,6-18,20,22-23,28-30,32,34-58H2,1-5H3/b21-19-,26-24-,27-25-,33-31-. The number of allylic oxidation sites excluding steroid dienone is 8. The molecule has 0 heterocycles. The molecule has 69 heavy (non-hydrogen) atoms. The molecule has 0 fully saturated rings. The minimum Gasteiger partial charge on any atom is -0.756 e. The molecule has 9 heteroatoms. The molecule has 0 aliphatic heterocycles. The van der Waals surface area contributed by atoms with E-state index in [1.54, 1.807) is 0 Å². The largest absolute Gasteiger partial charge is 0.756 e. The van der Waals surface area contributed by atoms with Crippen molar-refractivity contribution in [2.75, 3.05) is 54.1 Å². The molecule has 0 spiro atoms. The second-order valence-electron chi connectivity index (χ2n) is 21.0. The first-order chi connectivity index (χ1) is 33.6. The van der Waals surface area contributed by atoms with Crippen molar-refractivity contribution in [3.05, 3.63) is 48.6 Å². The number of esters is 1. The van der Waals surface area contributed by atoms with Crippen molar-refractivity contribution >= 4 is 13.8 Å². The van der Waals surface area contributed by atoms with Gasteiger partial charge in [0.2, 0.25) is 0 Å². The van der Waals surface area contributed by atoms with Gasteiger partial charge in [0.25, 0.3) is 7.82 Å². The van der Waals surface area contributed by atoms with Crippen LogP contribution >= 0.6 is 7.82 Å². The number of hydrogen-bond acceptors (Lipinski definition) is 7. The van der Waals surface area contributed by atoms with Crippen LogP contribution in [0.2, 0.25) is 0 Å². The molecule has 2 unspecified atom stereocenters. The van der Waals surface area contributed by atoms with Crippen LogP contribution in [0.15, 0.2) is 48.6 Å². The molecule has 0 N–H and O–H groups in total. The zero-order valence-corrected chi connectivity index (χ0v) is 47.2. The molecular formula is C60H114NO7P. The van der Waals surface area contributed by atoms with Crippen LogP contribution in [-0.4, -0.2) is 70.7 Å². The Kier molecular flexibility index (Phi) is 51.6. The summed E-state index contributed by atoms with van der Waals surface area (Å²) in [6, 6.07) is 0. The molecular weight excluding hydrogens is 878 g/mol. The number of carbonyl (C=O) groups excluding carboxylic acids is 1. The van der Waals surface area contributed by atoms with Crippen molar-refractivity contribution in [2.45, 2.75) is 277 Å². The molecule has 406 valence electrons. The van der Waals surface area contributed by atoms with Gasteiger partial charge in [0.05, 0.1) is 34.4 Å². The van der Waals surface area contributed by atoms with Crippen LogP contribution in [-0.2, 0) is 27.9 Å². The second-order valence-corrected chi connectivity index (χ2v) is 22.4. The highest BCUT2D eigenvalue weighted by atomic mass is 31.2. The molecule has 0 saturated heterocycles. The van der Waals surface area contributed by atoms with Crippen molar-refractivity contribution in [1.82, 2.24) is 0 Å². The summed E-state index contributed by atoms with van der Waals surface area (Å²) in [5.41, 5.74) is 0. The third-order valence-electron chi connectivity index (χ3n) is 12.9. The average Bonchev–Trinajstić information content (AvgIpc) is 3.31. The highest BCUT2D eigenvalue weighted by molar-refractivity contribution is 7.45. The Morgan fingerprint density at radius 2 is 0.797 bits per heavy atom. The number of phosphoric ester groups is 1. The maximum atomic E-state index is 12.8. The first-order valence-corrected chi connectivity index (χ1v) is 30.8. The lowest BCUT2D eigenvalue weighted by atomic mass is 10.0. The van der Waals surface area contributed by atoms with Gasteiger partial charge in [0.15, 0.2) is 0 Å². The fraction of sp³-hybridized carbons (Fsp3) is 0.850. The number of hydrogen-bond donors (Lipinski definition) is 0. The minimum atomic E-state index is -4.54. The van der Waals surface area contributed by atoms with Crippen LogP contribution < -0.4 is 4.89 Å². The van der Waals surface area contributed by atoms with Crippen molar-refractivity contribution < 1.29 is 37.3 Å². The third-order valence-corrected chi connectivity index (χ3v) is 13.8. The lowest BCUT2D eigenvalue weighted by Crippen LogP contribution is -2.37. The van der Waals surface area contributed by atoms with Gasteiger partial charge < -0.3 is 27.9 Å². The molecule has 0 saturated carbocycles. The molecule has 8 nitrogen and oxygen atoms in total. The van der Waals surface area contributed by atoms with E-state index >= 15 is 0 Å². The lowest BCUT2D eigenvalue weighted by Gasteiger charge is -2.28. The normalized spacial score (nSPS) is 13.8. The SMILES string of the molecule is CCCCCCC/C=C\C/C=C\C/C=C\CCCCCCCCCCC(=O)OC(COCCCCCCCCCCCCCC/C=C\CCCCCCCCCC)COP(=O)([O-])OCC[N+](C)(C)C. The van der Waals surface area contributed by atoms with Gasteiger partial charge in [0, 0.05) is 13.0 Å². The minimum absolute atomic E-state index is 0.0241. The van der Waals surface area contributed by atoms with Gasteiger partial charge in [-0.15, -0.1) is 0 Å². The molecule has 0 aliphatic rings. The van der Waals surface area contributed by atoms with Crippen molar-refractivity contribution in [1.29, 1.82) is 0 Å². The average molecular weight is 993 g/mol. The fourth-order valence-electron chi connectivity index (χ4n) is 8.32. The molecule has 2 atom stereocenters. The predicted octanol–water partition coefficient (Wildman–Crippen LogP) is 18.0. The van der Waals surface area contributed by atoms with Crippen LogP contribution in [0.5, 0.6) is 0 Å². The number of quaternary nitrogens is 1. The Morgan fingerprint density at radius 3 is 1.20 bits per heavy atom. The maximum absolute atomic E-state index is 12.8. The van der Waals surface area contributed by atoms with E-state index in [1.807, 2.05) is 21.1 Å². The predicted molar refractivity (Wildman–Crippen MR) is 296 cm³/mol. The molecule has 0 aromatic heterocycles. The van der Waals surface area contributed by atoms with E-state index < -0.39 is 13.9 Å². The summed E-state index contributed by atoms with van der Waals surface area (Å²) in [5.74, 6) is -0.338. The number of ether oxygens (including phenoxy) is 2. The molecule has 0 rings (SSSR count). The van der Waals surface area contributed by atoms with E-state index in [4.69, 9.17) is 18.5 Å². The molecule has 0 radical (unpaired) electrons. The summed E-state index contributed by atoms with van der Waals surface area (Å²) in [6.45, 7) is 5.43. The third kappa shape index (κ3) is 57.2. The summed E-state index contributed by atoms with van der Waals surface area (Å²) < 4.78 is 34.9. The van der Waals surface area contributed by atoms with E-state index in [0.717, 1.165) is 51.4 Å². The number of likely N-dealkylation sites (N-methyl/N-ethyl adjacent to an activating group) is 1. The topological polar surface area (TPSA) is 94.1 Å². The Balaban J connectivity index is 4.08. The van der Waals surface area contributed by atoms with Crippen molar-refractivity contribution in [3.8, 4) is 0 Å². The van der Waals surface area contributed by atoms with Gasteiger partial charge in [-0.1, -0.05) is 236 Å². The zero-order valence-electron chi connectivity index (χ0n) is 46.3. The summed E-state index contributed by atoms with van der Waals surface area (Å²) in [7, 11) is 1.36. The molecule has 0 amide bonds. The van der Waals surface area contributed by atoms with Crippen LogP contribution in [0, 0.1) is 0 Å². The number of carbonyl (C=O) groups is 1. The lowest BCUT2D eigenvalue weighted by molar-refractivity contribution is -0.870. The van der Waals surface area contributed by atoms with Gasteiger partial charge in [0.1, 0.15) is 19.3 Å². The highest BCUT2D eigenvalue weighted by Gasteiger charge is 2.20. The van der Waals surface area contributed by atoms with Gasteiger partial charge >= 0.3 is 5.97 Å². The Bertz CT molecular complexity index is 1240. The summed E-state index contributed by atoms with van der Waals surface area (Å²) in [5, 5.41) is 0. The highest BCUT2D eigenvalue weighted by Crippen LogP contribution is 2.38. The summed E-state index contributed by atoms with van der Waals surface area (Å²) in [6.07, 6.45) is 67.2. The van der Waals surface area contributed by atoms with Crippen LogP contribution in [0.3, 0.4) is 0 Å². The Labute approximate surface area is 428 Å². The van der Waals surface area contributed by atoms with Crippen molar-refractivity contribution in [2.24, 2.45) is 0 Å². The molecule has 0 aromatic rings. The maximum Gasteiger partial charge on any atom is 0.306 e. The van der Waals surface area contributed by atoms with E-state index in [1.165, 1.54) is 199 Å². The quantitative estimate of drug-likeness (QED) is 0.0197. The van der Waals surface area contributed by atoms with Gasteiger partial charge in [-0.25, -0.2) is 0 Å². The van der Waals surface area contributed by atoms with Gasteiger partial charge in [-0.05, 0) is 77.0 Å². The van der Waals surface area contributed by atoms with Gasteiger partial charge in [-0.2, -0.15) is 0 Å². The fourth-order valence-corrected chi connectivity index (χ4v) is 9.04. The Morgan fingerprint density at radius 1 is 0.449 bits per heavy atom. The molecule has 0 aromatic carbocycles. The van der Waals surface area contributed by atoms with E-state index in [-0.39, 0.29) is 25.8 Å². The summed E-state index contributed by atoms with van der Waals surface area (Å²) >= 11 is 0. The second kappa shape index (κ2) is 52.8. The van der Waals surface area contributed by atoms with E-state index in [2.05, 4.69) is 62.5 Å². The van der Waals surface area contributed by atoms with Crippen LogP contribution in [0.1, 0.15) is 271 Å². The smallest absolute Gasteiger partial charge is 0.306 e.